The molecule has 0 radical (unpaired) electrons. The van der Waals surface area contributed by atoms with Gasteiger partial charge in [0, 0.05) is 25.1 Å². The molecular formula is C21H28N6O3. The van der Waals surface area contributed by atoms with Crippen molar-refractivity contribution in [3.63, 3.8) is 0 Å². The third kappa shape index (κ3) is 5.24. The number of nitrogens with zero attached hydrogens (tertiary/aromatic N) is 3. The summed E-state index contributed by atoms with van der Waals surface area (Å²) >= 11 is 0. The highest BCUT2D eigenvalue weighted by molar-refractivity contribution is 5.77. The van der Waals surface area contributed by atoms with E-state index in [2.05, 4.69) is 25.5 Å². The Hall–Kier alpha value is -3.20. The molecule has 0 aliphatic rings. The zero-order valence-electron chi connectivity index (χ0n) is 17.8. The first-order valence-electron chi connectivity index (χ1n) is 9.94. The Morgan fingerprint density at radius 1 is 1.23 bits per heavy atom. The fourth-order valence-electron chi connectivity index (χ4n) is 3.04. The number of carbonyl (C=O) groups is 1. The molecule has 0 saturated carbocycles. The first-order chi connectivity index (χ1) is 14.3. The van der Waals surface area contributed by atoms with Crippen LogP contribution >= 0.6 is 0 Å². The quantitative estimate of drug-likeness (QED) is 0.489. The van der Waals surface area contributed by atoms with Crippen molar-refractivity contribution in [2.45, 2.75) is 26.2 Å². The summed E-state index contributed by atoms with van der Waals surface area (Å²) in [5.41, 5.74) is 2.27. The molecule has 160 valence electrons. The summed E-state index contributed by atoms with van der Waals surface area (Å²) in [6, 6.07) is 7.42. The average molecular weight is 412 g/mol. The number of nitrogens with one attached hydrogen (secondary N) is 3. The second-order valence-electron chi connectivity index (χ2n) is 7.73. The van der Waals surface area contributed by atoms with Crippen LogP contribution in [-0.4, -0.2) is 64.8 Å². The summed E-state index contributed by atoms with van der Waals surface area (Å²) in [6.45, 7) is 5.28. The van der Waals surface area contributed by atoms with Gasteiger partial charge in [-0.15, -0.1) is 0 Å². The van der Waals surface area contributed by atoms with Crippen LogP contribution < -0.4 is 15.6 Å². The van der Waals surface area contributed by atoms with E-state index in [0.717, 1.165) is 17.8 Å². The lowest BCUT2D eigenvalue weighted by Gasteiger charge is -2.13. The first kappa shape index (κ1) is 21.5. The van der Waals surface area contributed by atoms with Gasteiger partial charge >= 0.3 is 0 Å². The summed E-state index contributed by atoms with van der Waals surface area (Å²) in [7, 11) is 3.89. The molecular weight excluding hydrogens is 384 g/mol. The first-order valence-corrected chi connectivity index (χ1v) is 9.94. The number of rotatable bonds is 9. The lowest BCUT2D eigenvalue weighted by atomic mass is 10.1. The SMILES string of the molecule is CC(C)c1[nH]nc2c(=O)[nH]c(Cc3ccccc3OCC(=O)NCCN(C)C)nc12. The molecule has 1 amide bonds. The zero-order chi connectivity index (χ0) is 21.7. The van der Waals surface area contributed by atoms with Crippen molar-refractivity contribution < 1.29 is 9.53 Å². The summed E-state index contributed by atoms with van der Waals surface area (Å²) in [4.78, 5) is 33.8. The van der Waals surface area contributed by atoms with E-state index in [4.69, 9.17) is 4.74 Å². The number of aromatic amines is 2. The lowest BCUT2D eigenvalue weighted by Crippen LogP contribution is -2.34. The van der Waals surface area contributed by atoms with Crippen LogP contribution in [0, 0.1) is 0 Å². The third-order valence-electron chi connectivity index (χ3n) is 4.64. The Morgan fingerprint density at radius 3 is 2.73 bits per heavy atom. The number of H-pyrrole nitrogens is 2. The summed E-state index contributed by atoms with van der Waals surface area (Å²) in [6.07, 6.45) is 0.367. The van der Waals surface area contributed by atoms with Crippen LogP contribution in [0.4, 0.5) is 0 Å². The number of amides is 1. The van der Waals surface area contributed by atoms with Gasteiger partial charge in [-0.25, -0.2) is 4.98 Å². The van der Waals surface area contributed by atoms with Crippen molar-refractivity contribution in [2.75, 3.05) is 33.8 Å². The maximum atomic E-state index is 12.4. The molecule has 0 atom stereocenters. The van der Waals surface area contributed by atoms with Gasteiger partial charge in [0.25, 0.3) is 11.5 Å². The van der Waals surface area contributed by atoms with E-state index in [9.17, 15) is 9.59 Å². The predicted molar refractivity (Wildman–Crippen MR) is 115 cm³/mol. The van der Waals surface area contributed by atoms with Gasteiger partial charge in [-0.3, -0.25) is 14.7 Å². The Balaban J connectivity index is 1.74. The summed E-state index contributed by atoms with van der Waals surface area (Å²) in [5, 5.41) is 9.81. The maximum Gasteiger partial charge on any atom is 0.279 e. The monoisotopic (exact) mass is 412 g/mol. The molecule has 0 aliphatic heterocycles. The Labute approximate surface area is 174 Å². The van der Waals surface area contributed by atoms with E-state index in [1.165, 1.54) is 0 Å². The number of hydrogen-bond donors (Lipinski definition) is 3. The van der Waals surface area contributed by atoms with Gasteiger partial charge in [0.1, 0.15) is 17.1 Å². The Bertz CT molecular complexity index is 1070. The molecule has 0 aliphatic carbocycles. The van der Waals surface area contributed by atoms with Crippen molar-refractivity contribution >= 4 is 16.9 Å². The van der Waals surface area contributed by atoms with Gasteiger partial charge in [-0.05, 0) is 26.1 Å². The maximum absolute atomic E-state index is 12.4. The molecule has 3 N–H and O–H groups in total. The minimum atomic E-state index is -0.281. The molecule has 9 heteroatoms. The number of fused-ring (bicyclic) bond motifs is 1. The number of aromatic nitrogens is 4. The number of likely N-dealkylation sites (N-methyl/N-ethyl adjacent to an activating group) is 1. The molecule has 0 saturated heterocycles. The number of carbonyl (C=O) groups excluding carboxylic acids is 1. The second-order valence-corrected chi connectivity index (χ2v) is 7.73. The average Bonchev–Trinajstić information content (AvgIpc) is 3.12. The predicted octanol–water partition coefficient (Wildman–Crippen LogP) is 1.42. The Kier molecular flexibility index (Phi) is 6.83. The minimum absolute atomic E-state index is 0.0767. The Morgan fingerprint density at radius 2 is 2.00 bits per heavy atom. The van der Waals surface area contributed by atoms with Crippen LogP contribution in [0.3, 0.4) is 0 Å². The van der Waals surface area contributed by atoms with Gasteiger partial charge in [0.15, 0.2) is 12.1 Å². The van der Waals surface area contributed by atoms with E-state index in [1.807, 2.05) is 51.0 Å². The molecule has 0 spiro atoms. The second kappa shape index (κ2) is 9.53. The van der Waals surface area contributed by atoms with Crippen molar-refractivity contribution in [3.8, 4) is 5.75 Å². The van der Waals surface area contributed by atoms with E-state index in [-0.39, 0.29) is 24.0 Å². The molecule has 30 heavy (non-hydrogen) atoms. The number of benzene rings is 1. The standard InChI is InChI=1S/C21H28N6O3/c1-13(2)18-19-20(26-25-18)21(29)24-16(23-19)11-14-7-5-6-8-15(14)30-12-17(28)22-9-10-27(3)4/h5-8,13H,9-12H2,1-4H3,(H,22,28)(H,25,26)(H,23,24,29). The highest BCUT2D eigenvalue weighted by Crippen LogP contribution is 2.22. The van der Waals surface area contributed by atoms with Crippen LogP contribution in [0.25, 0.3) is 11.0 Å². The van der Waals surface area contributed by atoms with Crippen molar-refractivity contribution in [1.29, 1.82) is 0 Å². The molecule has 0 fully saturated rings. The van der Waals surface area contributed by atoms with Crippen LogP contribution in [0.5, 0.6) is 5.75 Å². The van der Waals surface area contributed by atoms with E-state index in [0.29, 0.717) is 35.6 Å². The molecule has 0 unspecified atom stereocenters. The van der Waals surface area contributed by atoms with Gasteiger partial charge in [0.2, 0.25) is 0 Å². The smallest absolute Gasteiger partial charge is 0.279 e. The van der Waals surface area contributed by atoms with E-state index < -0.39 is 0 Å². The van der Waals surface area contributed by atoms with Gasteiger partial charge in [-0.1, -0.05) is 32.0 Å². The third-order valence-corrected chi connectivity index (χ3v) is 4.64. The van der Waals surface area contributed by atoms with Crippen LogP contribution in [-0.2, 0) is 11.2 Å². The number of hydrogen-bond acceptors (Lipinski definition) is 6. The molecule has 1 aromatic carbocycles. The topological polar surface area (TPSA) is 116 Å². The highest BCUT2D eigenvalue weighted by Gasteiger charge is 2.16. The molecule has 0 bridgehead atoms. The van der Waals surface area contributed by atoms with Gasteiger partial charge in [0.05, 0.1) is 5.69 Å². The largest absolute Gasteiger partial charge is 0.483 e. The van der Waals surface area contributed by atoms with Crippen molar-refractivity contribution in [1.82, 2.24) is 30.4 Å². The molecule has 9 nitrogen and oxygen atoms in total. The molecule has 3 rings (SSSR count). The van der Waals surface area contributed by atoms with E-state index >= 15 is 0 Å². The fraction of sp³-hybridized carbons (Fsp3) is 0.429. The lowest BCUT2D eigenvalue weighted by molar-refractivity contribution is -0.123. The van der Waals surface area contributed by atoms with Crippen LogP contribution in [0.15, 0.2) is 29.1 Å². The molecule has 3 aromatic rings. The van der Waals surface area contributed by atoms with Crippen molar-refractivity contribution in [2.24, 2.45) is 0 Å². The van der Waals surface area contributed by atoms with E-state index in [1.54, 1.807) is 6.07 Å². The highest BCUT2D eigenvalue weighted by atomic mass is 16.5. The normalized spacial score (nSPS) is 11.4. The summed E-state index contributed by atoms with van der Waals surface area (Å²) in [5.74, 6) is 1.08. The number of ether oxygens (including phenoxy) is 1. The minimum Gasteiger partial charge on any atom is -0.483 e. The summed E-state index contributed by atoms with van der Waals surface area (Å²) < 4.78 is 5.73. The van der Waals surface area contributed by atoms with Gasteiger partial charge in [-0.2, -0.15) is 5.10 Å². The molecule has 2 heterocycles. The van der Waals surface area contributed by atoms with Crippen LogP contribution in [0.1, 0.15) is 36.8 Å². The molecule has 2 aromatic heterocycles. The zero-order valence-corrected chi connectivity index (χ0v) is 17.8. The van der Waals surface area contributed by atoms with Crippen LogP contribution in [0.2, 0.25) is 0 Å². The van der Waals surface area contributed by atoms with Gasteiger partial charge < -0.3 is 19.9 Å². The number of para-hydroxylation sites is 1. The fourth-order valence-corrected chi connectivity index (χ4v) is 3.04. The van der Waals surface area contributed by atoms with Crippen molar-refractivity contribution in [3.05, 3.63) is 51.7 Å².